The molecule has 0 saturated carbocycles. The van der Waals surface area contributed by atoms with E-state index >= 15 is 0 Å². The molecule has 3 heterocycles. The van der Waals surface area contributed by atoms with Crippen LogP contribution in [0.5, 0.6) is 5.75 Å². The van der Waals surface area contributed by atoms with Gasteiger partial charge < -0.3 is 9.64 Å². The second-order valence-electron chi connectivity index (χ2n) is 8.85. The molecule has 1 saturated heterocycles. The van der Waals surface area contributed by atoms with E-state index in [-0.39, 0.29) is 18.4 Å². The SMILES string of the molecule is C/C(=N\NC(=O)c1cc(-c2cccnc2)nc2ccccc12)c1ccc(OCC(=O)N2CCCC2)cc1. The van der Waals surface area contributed by atoms with E-state index in [1.165, 1.54) is 0 Å². The fourth-order valence-electron chi connectivity index (χ4n) is 4.28. The normalized spacial score (nSPS) is 13.5. The van der Waals surface area contributed by atoms with Crippen LogP contribution in [-0.4, -0.2) is 52.1 Å². The average Bonchev–Trinajstić information content (AvgIpc) is 3.50. The van der Waals surface area contributed by atoms with E-state index in [1.54, 1.807) is 30.6 Å². The number of nitrogens with zero attached hydrogens (tertiary/aromatic N) is 4. The van der Waals surface area contributed by atoms with Gasteiger partial charge in [0.05, 0.1) is 22.5 Å². The summed E-state index contributed by atoms with van der Waals surface area (Å²) in [5.74, 6) is 0.292. The van der Waals surface area contributed by atoms with Crippen molar-refractivity contribution < 1.29 is 14.3 Å². The highest BCUT2D eigenvalue weighted by atomic mass is 16.5. The van der Waals surface area contributed by atoms with Crippen molar-refractivity contribution >= 4 is 28.4 Å². The quantitative estimate of drug-likeness (QED) is 0.303. The minimum atomic E-state index is -0.330. The van der Waals surface area contributed by atoms with Crippen molar-refractivity contribution in [3.63, 3.8) is 0 Å². The smallest absolute Gasteiger partial charge is 0.272 e. The van der Waals surface area contributed by atoms with E-state index in [4.69, 9.17) is 9.72 Å². The summed E-state index contributed by atoms with van der Waals surface area (Å²) >= 11 is 0. The number of para-hydroxylation sites is 1. The van der Waals surface area contributed by atoms with Gasteiger partial charge in [0, 0.05) is 36.4 Å². The number of fused-ring (bicyclic) bond motifs is 1. The number of benzene rings is 2. The fourth-order valence-corrected chi connectivity index (χ4v) is 4.28. The van der Waals surface area contributed by atoms with Crippen LogP contribution in [0, 0.1) is 0 Å². The van der Waals surface area contributed by atoms with Gasteiger partial charge >= 0.3 is 0 Å². The highest BCUT2D eigenvalue weighted by Crippen LogP contribution is 2.24. The Morgan fingerprint density at radius 1 is 1.03 bits per heavy atom. The maximum atomic E-state index is 13.2. The Hall–Kier alpha value is -4.59. The lowest BCUT2D eigenvalue weighted by Crippen LogP contribution is -2.32. The third-order valence-corrected chi connectivity index (χ3v) is 6.34. The van der Waals surface area contributed by atoms with Crippen LogP contribution < -0.4 is 10.2 Å². The zero-order chi connectivity index (χ0) is 25.6. The molecule has 5 rings (SSSR count). The lowest BCUT2D eigenvalue weighted by Gasteiger charge is -2.15. The van der Waals surface area contributed by atoms with Crippen LogP contribution in [0.25, 0.3) is 22.2 Å². The van der Waals surface area contributed by atoms with Crippen LogP contribution in [0.1, 0.15) is 35.7 Å². The summed E-state index contributed by atoms with van der Waals surface area (Å²) in [6, 6.07) is 20.3. The zero-order valence-corrected chi connectivity index (χ0v) is 20.6. The fraction of sp³-hybridized carbons (Fsp3) is 0.207. The van der Waals surface area contributed by atoms with E-state index in [1.807, 2.05) is 60.4 Å². The molecule has 1 aliphatic heterocycles. The van der Waals surface area contributed by atoms with Crippen molar-refractivity contribution in [2.24, 2.45) is 5.10 Å². The highest BCUT2D eigenvalue weighted by Gasteiger charge is 2.18. The minimum absolute atomic E-state index is 0.0114. The second-order valence-corrected chi connectivity index (χ2v) is 8.85. The first-order valence-electron chi connectivity index (χ1n) is 12.2. The van der Waals surface area contributed by atoms with Crippen LogP contribution in [-0.2, 0) is 4.79 Å². The first-order chi connectivity index (χ1) is 18.1. The van der Waals surface area contributed by atoms with Crippen LogP contribution >= 0.6 is 0 Å². The summed E-state index contributed by atoms with van der Waals surface area (Å²) in [6.07, 6.45) is 5.52. The maximum absolute atomic E-state index is 13.2. The topological polar surface area (TPSA) is 96.8 Å². The van der Waals surface area contributed by atoms with E-state index in [9.17, 15) is 9.59 Å². The number of rotatable bonds is 7. The highest BCUT2D eigenvalue weighted by molar-refractivity contribution is 6.08. The molecule has 8 heteroatoms. The number of ether oxygens (including phenoxy) is 1. The van der Waals surface area contributed by atoms with E-state index in [0.717, 1.165) is 42.4 Å². The Kier molecular flexibility index (Phi) is 7.16. The summed E-state index contributed by atoms with van der Waals surface area (Å²) in [4.78, 5) is 36.0. The zero-order valence-electron chi connectivity index (χ0n) is 20.6. The Morgan fingerprint density at radius 2 is 1.81 bits per heavy atom. The average molecular weight is 494 g/mol. The molecule has 2 amide bonds. The summed E-state index contributed by atoms with van der Waals surface area (Å²) in [7, 11) is 0. The molecule has 2 aromatic heterocycles. The second kappa shape index (κ2) is 11.0. The van der Waals surface area contributed by atoms with Gasteiger partial charge in [0.2, 0.25) is 0 Å². The van der Waals surface area contributed by atoms with Crippen LogP contribution in [0.4, 0.5) is 0 Å². The molecule has 0 bridgehead atoms. The summed E-state index contributed by atoms with van der Waals surface area (Å²) in [5, 5.41) is 5.06. The third-order valence-electron chi connectivity index (χ3n) is 6.34. The van der Waals surface area contributed by atoms with Gasteiger partial charge in [0.1, 0.15) is 5.75 Å². The molecule has 0 atom stereocenters. The van der Waals surface area contributed by atoms with E-state index in [0.29, 0.717) is 28.2 Å². The number of pyridine rings is 2. The van der Waals surface area contributed by atoms with Gasteiger partial charge in [-0.3, -0.25) is 14.6 Å². The van der Waals surface area contributed by atoms with Crippen LogP contribution in [0.15, 0.2) is 84.2 Å². The minimum Gasteiger partial charge on any atom is -0.484 e. The number of hydrogen-bond donors (Lipinski definition) is 1. The molecule has 0 unspecified atom stereocenters. The molecule has 0 aliphatic carbocycles. The van der Waals surface area contributed by atoms with Crippen molar-refractivity contribution in [3.05, 3.63) is 90.3 Å². The molecule has 4 aromatic rings. The molecule has 37 heavy (non-hydrogen) atoms. The number of likely N-dealkylation sites (tertiary alicyclic amines) is 1. The summed E-state index contributed by atoms with van der Waals surface area (Å²) in [6.45, 7) is 3.47. The lowest BCUT2D eigenvalue weighted by atomic mass is 10.0. The number of hydrazone groups is 1. The van der Waals surface area contributed by atoms with Gasteiger partial charge in [0.25, 0.3) is 11.8 Å². The third kappa shape index (κ3) is 5.64. The number of nitrogens with one attached hydrogen (secondary N) is 1. The van der Waals surface area contributed by atoms with Crippen molar-refractivity contribution in [2.45, 2.75) is 19.8 Å². The van der Waals surface area contributed by atoms with Gasteiger partial charge in [-0.25, -0.2) is 10.4 Å². The Balaban J connectivity index is 1.28. The predicted octanol–water partition coefficient (Wildman–Crippen LogP) is 4.45. The number of aromatic nitrogens is 2. The summed E-state index contributed by atoms with van der Waals surface area (Å²) in [5.41, 5.74) is 6.83. The van der Waals surface area contributed by atoms with Gasteiger partial charge in [-0.05, 0) is 73.9 Å². The molecule has 1 N–H and O–H groups in total. The van der Waals surface area contributed by atoms with E-state index < -0.39 is 0 Å². The molecule has 186 valence electrons. The molecule has 8 nitrogen and oxygen atoms in total. The van der Waals surface area contributed by atoms with Gasteiger partial charge in [0.15, 0.2) is 6.61 Å². The monoisotopic (exact) mass is 493 g/mol. The number of carbonyl (C=O) groups is 2. The van der Waals surface area contributed by atoms with Crippen molar-refractivity contribution in [3.8, 4) is 17.0 Å². The molecular formula is C29H27N5O3. The molecule has 1 fully saturated rings. The van der Waals surface area contributed by atoms with E-state index in [2.05, 4.69) is 15.5 Å². The maximum Gasteiger partial charge on any atom is 0.272 e. The molecule has 0 radical (unpaired) electrons. The lowest BCUT2D eigenvalue weighted by molar-refractivity contribution is -0.132. The Morgan fingerprint density at radius 3 is 2.57 bits per heavy atom. The van der Waals surface area contributed by atoms with Crippen molar-refractivity contribution in [1.29, 1.82) is 0 Å². The van der Waals surface area contributed by atoms with Gasteiger partial charge in [-0.15, -0.1) is 0 Å². The van der Waals surface area contributed by atoms with Gasteiger partial charge in [-0.1, -0.05) is 18.2 Å². The first kappa shape index (κ1) is 24.1. The van der Waals surface area contributed by atoms with Crippen molar-refractivity contribution in [1.82, 2.24) is 20.3 Å². The number of carbonyl (C=O) groups excluding carboxylic acids is 2. The molecule has 2 aromatic carbocycles. The van der Waals surface area contributed by atoms with Gasteiger partial charge in [-0.2, -0.15) is 5.10 Å². The number of amides is 2. The molecule has 1 aliphatic rings. The summed E-state index contributed by atoms with van der Waals surface area (Å²) < 4.78 is 5.65. The van der Waals surface area contributed by atoms with Crippen molar-refractivity contribution in [2.75, 3.05) is 19.7 Å². The number of hydrogen-bond acceptors (Lipinski definition) is 6. The van der Waals surface area contributed by atoms with Crippen LogP contribution in [0.2, 0.25) is 0 Å². The molecule has 0 spiro atoms. The Labute approximate surface area is 215 Å². The Bertz CT molecular complexity index is 1450. The standard InChI is InChI=1S/C29H27N5O3/c1-20(21-10-12-23(13-11-21)37-19-28(35)34-15-4-5-16-34)32-33-29(36)25-17-27(22-7-6-14-30-18-22)31-26-9-3-2-8-24(25)26/h2-3,6-14,17-18H,4-5,15-16,19H2,1H3,(H,33,36)/b32-20+. The first-order valence-corrected chi connectivity index (χ1v) is 12.2. The largest absolute Gasteiger partial charge is 0.484 e. The van der Waals surface area contributed by atoms with Crippen LogP contribution in [0.3, 0.4) is 0 Å². The predicted molar refractivity (Wildman–Crippen MR) is 142 cm³/mol. The molecular weight excluding hydrogens is 466 g/mol.